The number of non-ortho nitro benzene ring substituents is 1. The highest BCUT2D eigenvalue weighted by atomic mass is 35.5. The molecule has 1 aromatic rings. The number of rotatable bonds is 3. The average Bonchev–Trinajstić information content (AvgIpc) is 2.24. The van der Waals surface area contributed by atoms with Crippen molar-refractivity contribution in [1.82, 2.24) is 10.2 Å². The highest BCUT2D eigenvalue weighted by Crippen LogP contribution is 2.18. The summed E-state index contributed by atoms with van der Waals surface area (Å²) < 4.78 is 13.2. The normalized spacial score (nSPS) is 14.2. The molecule has 0 aromatic heterocycles. The lowest BCUT2D eigenvalue weighted by Crippen LogP contribution is -2.57. The second-order valence-electron chi connectivity index (χ2n) is 4.18. The van der Waals surface area contributed by atoms with Crippen LogP contribution in [0, 0.1) is 15.9 Å². The quantitative estimate of drug-likeness (QED) is 0.670. The topological polar surface area (TPSA) is 75.5 Å². The minimum atomic E-state index is -0.785. The third kappa shape index (κ3) is 3.18. The zero-order valence-corrected chi connectivity index (χ0v) is 10.9. The fourth-order valence-corrected chi connectivity index (χ4v) is 1.72. The first-order valence-corrected chi connectivity index (χ1v) is 5.42. The summed E-state index contributed by atoms with van der Waals surface area (Å²) in [6.07, 6.45) is 0. The number of nitrogens with one attached hydrogen (secondary N) is 1. The van der Waals surface area contributed by atoms with Crippen molar-refractivity contribution in [2.75, 3.05) is 20.1 Å². The Morgan fingerprint density at radius 2 is 2.11 bits per heavy atom. The van der Waals surface area contributed by atoms with E-state index in [1.54, 1.807) is 7.05 Å². The van der Waals surface area contributed by atoms with Gasteiger partial charge < -0.3 is 10.2 Å². The minimum absolute atomic E-state index is 0. The molecule has 8 heteroatoms. The largest absolute Gasteiger partial charge is 0.336 e. The highest BCUT2D eigenvalue weighted by Gasteiger charge is 2.27. The Bertz CT molecular complexity index is 508. The summed E-state index contributed by atoms with van der Waals surface area (Å²) in [4.78, 5) is 23.4. The second-order valence-corrected chi connectivity index (χ2v) is 4.18. The van der Waals surface area contributed by atoms with Gasteiger partial charge in [0.15, 0.2) is 0 Å². The van der Waals surface area contributed by atoms with Crippen molar-refractivity contribution in [2.45, 2.75) is 6.04 Å². The molecule has 1 aromatic carbocycles. The molecular formula is C11H13ClFN3O3. The van der Waals surface area contributed by atoms with E-state index in [2.05, 4.69) is 5.32 Å². The van der Waals surface area contributed by atoms with Gasteiger partial charge >= 0.3 is 0 Å². The number of carbonyl (C=O) groups is 1. The average molecular weight is 290 g/mol. The maximum atomic E-state index is 13.2. The van der Waals surface area contributed by atoms with Crippen molar-refractivity contribution >= 4 is 24.0 Å². The fourth-order valence-electron chi connectivity index (χ4n) is 1.72. The van der Waals surface area contributed by atoms with Gasteiger partial charge in [-0.2, -0.15) is 0 Å². The Kier molecular flexibility index (Phi) is 4.79. The minimum Gasteiger partial charge on any atom is -0.336 e. The Labute approximate surface area is 115 Å². The molecule has 0 atom stereocenters. The van der Waals surface area contributed by atoms with Gasteiger partial charge in [0.25, 0.3) is 11.6 Å². The first-order valence-electron chi connectivity index (χ1n) is 5.42. The van der Waals surface area contributed by atoms with Crippen LogP contribution < -0.4 is 5.32 Å². The number of nitro groups is 1. The second kappa shape index (κ2) is 5.94. The Morgan fingerprint density at radius 3 is 2.58 bits per heavy atom. The predicted octanol–water partition coefficient (Wildman–Crippen LogP) is 1.20. The molecule has 1 heterocycles. The number of likely N-dealkylation sites (N-methyl/N-ethyl adjacent to an activating group) is 1. The molecule has 2 rings (SSSR count). The standard InChI is InChI=1S/C11H12FN3O3.ClH/c1-14(10-5-13-6-10)11(16)7-2-8(12)4-9(3-7)15(17)18;/h2-4,10,13H,5-6H2,1H3;1H. The van der Waals surface area contributed by atoms with Crippen LogP contribution in [0.2, 0.25) is 0 Å². The Morgan fingerprint density at radius 1 is 1.47 bits per heavy atom. The zero-order valence-electron chi connectivity index (χ0n) is 10.1. The van der Waals surface area contributed by atoms with Gasteiger partial charge in [-0.3, -0.25) is 14.9 Å². The molecule has 1 N–H and O–H groups in total. The van der Waals surface area contributed by atoms with Gasteiger partial charge in [-0.25, -0.2) is 4.39 Å². The fraction of sp³-hybridized carbons (Fsp3) is 0.364. The first kappa shape index (κ1) is 15.3. The molecule has 1 saturated heterocycles. The SMILES string of the molecule is CN(C(=O)c1cc(F)cc([N+](=O)[O-])c1)C1CNC1.Cl. The Hall–Kier alpha value is -1.73. The lowest BCUT2D eigenvalue weighted by atomic mass is 10.1. The van der Waals surface area contributed by atoms with Crippen molar-refractivity contribution in [3.05, 3.63) is 39.7 Å². The molecule has 0 spiro atoms. The van der Waals surface area contributed by atoms with Gasteiger partial charge in [-0.1, -0.05) is 0 Å². The molecule has 1 aliphatic rings. The summed E-state index contributed by atoms with van der Waals surface area (Å²) in [7, 11) is 1.60. The lowest BCUT2D eigenvalue weighted by Gasteiger charge is -2.35. The van der Waals surface area contributed by atoms with Crippen molar-refractivity contribution < 1.29 is 14.1 Å². The maximum Gasteiger partial charge on any atom is 0.273 e. The molecule has 6 nitrogen and oxygen atoms in total. The number of hydrogen-bond acceptors (Lipinski definition) is 4. The molecule has 1 fully saturated rings. The molecule has 1 aliphatic heterocycles. The summed E-state index contributed by atoms with van der Waals surface area (Å²) in [5.74, 6) is -1.20. The van der Waals surface area contributed by atoms with Crippen LogP contribution in [-0.4, -0.2) is 41.9 Å². The van der Waals surface area contributed by atoms with Crippen LogP contribution in [0.1, 0.15) is 10.4 Å². The van der Waals surface area contributed by atoms with E-state index in [0.29, 0.717) is 13.1 Å². The molecule has 0 bridgehead atoms. The molecule has 0 unspecified atom stereocenters. The van der Waals surface area contributed by atoms with E-state index in [0.717, 1.165) is 18.2 Å². The van der Waals surface area contributed by atoms with Crippen molar-refractivity contribution in [1.29, 1.82) is 0 Å². The third-order valence-electron chi connectivity index (χ3n) is 2.97. The van der Waals surface area contributed by atoms with Gasteiger partial charge in [0.1, 0.15) is 5.82 Å². The van der Waals surface area contributed by atoms with E-state index in [1.807, 2.05) is 0 Å². The van der Waals surface area contributed by atoms with Crippen LogP contribution in [-0.2, 0) is 0 Å². The van der Waals surface area contributed by atoms with Crippen LogP contribution in [0.15, 0.2) is 18.2 Å². The number of hydrogen-bond donors (Lipinski definition) is 1. The Balaban J connectivity index is 0.00000180. The number of amides is 1. The summed E-state index contributed by atoms with van der Waals surface area (Å²) in [6.45, 7) is 1.36. The van der Waals surface area contributed by atoms with Crippen LogP contribution in [0.25, 0.3) is 0 Å². The zero-order chi connectivity index (χ0) is 13.3. The monoisotopic (exact) mass is 289 g/mol. The smallest absolute Gasteiger partial charge is 0.273 e. The molecular weight excluding hydrogens is 277 g/mol. The lowest BCUT2D eigenvalue weighted by molar-refractivity contribution is -0.385. The van der Waals surface area contributed by atoms with Crippen molar-refractivity contribution in [3.63, 3.8) is 0 Å². The van der Waals surface area contributed by atoms with Gasteiger partial charge in [0, 0.05) is 31.8 Å². The molecule has 1 amide bonds. The molecule has 104 valence electrons. The predicted molar refractivity (Wildman–Crippen MR) is 69.1 cm³/mol. The van der Waals surface area contributed by atoms with Gasteiger partial charge in [-0.05, 0) is 6.07 Å². The number of nitrogens with zero attached hydrogens (tertiary/aromatic N) is 2. The number of benzene rings is 1. The number of nitro benzene ring substituents is 1. The number of carbonyl (C=O) groups excluding carboxylic acids is 1. The summed E-state index contributed by atoms with van der Waals surface area (Å²) >= 11 is 0. The van der Waals surface area contributed by atoms with E-state index in [1.165, 1.54) is 4.90 Å². The summed E-state index contributed by atoms with van der Waals surface area (Å²) in [5, 5.41) is 13.6. The van der Waals surface area contributed by atoms with E-state index < -0.39 is 22.3 Å². The first-order chi connectivity index (χ1) is 8.49. The van der Waals surface area contributed by atoms with Crippen molar-refractivity contribution in [2.24, 2.45) is 0 Å². The molecule has 0 aliphatic carbocycles. The summed E-state index contributed by atoms with van der Waals surface area (Å²) in [6, 6.07) is 2.95. The summed E-state index contributed by atoms with van der Waals surface area (Å²) in [5.41, 5.74) is -0.422. The molecule has 19 heavy (non-hydrogen) atoms. The maximum absolute atomic E-state index is 13.2. The van der Waals surface area contributed by atoms with Gasteiger partial charge in [0.05, 0.1) is 17.0 Å². The van der Waals surface area contributed by atoms with Crippen LogP contribution in [0.4, 0.5) is 10.1 Å². The van der Waals surface area contributed by atoms with E-state index >= 15 is 0 Å². The molecule has 0 radical (unpaired) electrons. The van der Waals surface area contributed by atoms with Crippen molar-refractivity contribution in [3.8, 4) is 0 Å². The van der Waals surface area contributed by atoms with E-state index in [4.69, 9.17) is 0 Å². The number of halogens is 2. The van der Waals surface area contributed by atoms with Gasteiger partial charge in [0.2, 0.25) is 0 Å². The third-order valence-corrected chi connectivity index (χ3v) is 2.97. The van der Waals surface area contributed by atoms with Gasteiger partial charge in [-0.15, -0.1) is 12.4 Å². The van der Waals surface area contributed by atoms with Crippen LogP contribution >= 0.6 is 12.4 Å². The van der Waals surface area contributed by atoms with E-state index in [-0.39, 0.29) is 24.0 Å². The van der Waals surface area contributed by atoms with E-state index in [9.17, 15) is 19.3 Å². The van der Waals surface area contributed by atoms with Crippen LogP contribution in [0.3, 0.4) is 0 Å². The van der Waals surface area contributed by atoms with Crippen LogP contribution in [0.5, 0.6) is 0 Å². The molecule has 0 saturated carbocycles. The highest BCUT2D eigenvalue weighted by molar-refractivity contribution is 5.95.